The van der Waals surface area contributed by atoms with Crippen LogP contribution in [0.3, 0.4) is 0 Å². The fraction of sp³-hybridized carbons (Fsp3) is 0.353. The smallest absolute Gasteiger partial charge is 0.343 e. The molecular weight excluding hydrogens is 252 g/mol. The van der Waals surface area contributed by atoms with Crippen LogP contribution in [0.4, 0.5) is 0 Å². The largest absolute Gasteiger partial charge is 3.00 e. The van der Waals surface area contributed by atoms with Gasteiger partial charge in [0.2, 0.25) is 0 Å². The molecule has 2 aromatic carbocycles. The molecule has 0 spiro atoms. The van der Waals surface area contributed by atoms with Crippen LogP contribution in [-0.2, 0) is 21.7 Å². The van der Waals surface area contributed by atoms with E-state index in [1.807, 2.05) is 0 Å². The molecule has 1 radical (unpaired) electrons. The summed E-state index contributed by atoms with van der Waals surface area (Å²) in [5.41, 5.74) is 0. The maximum absolute atomic E-state index is 3.60. The normalized spacial score (nSPS) is 8.44. The molecule has 0 unspecified atom stereocenters. The van der Waals surface area contributed by atoms with E-state index in [0.29, 0.717) is 0 Å². The third kappa shape index (κ3) is 9.56. The van der Waals surface area contributed by atoms with Crippen molar-refractivity contribution in [1.82, 2.24) is 0 Å². The summed E-state index contributed by atoms with van der Waals surface area (Å²) in [7, 11) is 0. The molecule has 0 aliphatic heterocycles. The molecule has 0 fully saturated rings. The Morgan fingerprint density at radius 1 is 0.944 bits per heavy atom. The summed E-state index contributed by atoms with van der Waals surface area (Å²) in [5, 5.41) is 2.66. The van der Waals surface area contributed by atoms with Crippen LogP contribution in [0.15, 0.2) is 42.5 Å². The second-order valence-corrected chi connectivity index (χ2v) is 3.86. The monoisotopic (exact) mass is 277 g/mol. The Labute approximate surface area is 128 Å². The van der Waals surface area contributed by atoms with Gasteiger partial charge in [0.1, 0.15) is 0 Å². The van der Waals surface area contributed by atoms with E-state index in [9.17, 15) is 0 Å². The van der Waals surface area contributed by atoms with Gasteiger partial charge in [-0.1, -0.05) is 32.8 Å². The Balaban J connectivity index is 0. The van der Waals surface area contributed by atoms with E-state index in [4.69, 9.17) is 0 Å². The number of unbranched alkanes of at least 4 members (excludes halogenated alkanes) is 2. The van der Waals surface area contributed by atoms with E-state index < -0.39 is 0 Å². The first-order valence-corrected chi connectivity index (χ1v) is 6.49. The van der Waals surface area contributed by atoms with Gasteiger partial charge in [-0.3, -0.25) is 0 Å². The minimum Gasteiger partial charge on any atom is -0.343 e. The van der Waals surface area contributed by atoms with Crippen molar-refractivity contribution < 1.29 is 21.7 Å². The standard InChI is InChI=1S/C9H7.2C4H9.Ti/c1-2-5-9-7-3-6-8(9)4-1;2*1-3-4-2;/h1-7H;2*1,3-4H2,2H3;/q3*-1;+3. The molecule has 1 heteroatoms. The molecular formula is C17H25Ti. The van der Waals surface area contributed by atoms with Crippen molar-refractivity contribution in [3.8, 4) is 0 Å². The maximum Gasteiger partial charge on any atom is 3.00 e. The first-order chi connectivity index (χ1) is 8.29. The summed E-state index contributed by atoms with van der Waals surface area (Å²) in [6.45, 7) is 11.4. The first kappa shape index (κ1) is 19.9. The van der Waals surface area contributed by atoms with Crippen molar-refractivity contribution in [1.29, 1.82) is 0 Å². The van der Waals surface area contributed by atoms with E-state index >= 15 is 0 Å². The third-order valence-corrected chi connectivity index (χ3v) is 2.25. The van der Waals surface area contributed by atoms with Crippen LogP contribution in [0, 0.1) is 13.8 Å². The molecule has 0 aromatic heterocycles. The van der Waals surface area contributed by atoms with E-state index in [-0.39, 0.29) is 21.7 Å². The van der Waals surface area contributed by atoms with E-state index in [2.05, 4.69) is 70.2 Å². The van der Waals surface area contributed by atoms with Gasteiger partial charge in [0.15, 0.2) is 0 Å². The van der Waals surface area contributed by atoms with Crippen LogP contribution in [0.25, 0.3) is 10.8 Å². The zero-order chi connectivity index (χ0) is 12.9. The topological polar surface area (TPSA) is 0 Å². The predicted octanol–water partition coefficient (Wildman–Crippen LogP) is 5.80. The number of fused-ring (bicyclic) bond motifs is 1. The van der Waals surface area contributed by atoms with Gasteiger partial charge < -0.3 is 13.8 Å². The molecule has 0 heterocycles. The van der Waals surface area contributed by atoms with Crippen LogP contribution in [0.1, 0.15) is 39.5 Å². The molecule has 97 valence electrons. The van der Waals surface area contributed by atoms with Crippen LogP contribution in [-0.4, -0.2) is 0 Å². The second-order valence-electron chi connectivity index (χ2n) is 3.86. The number of rotatable bonds is 2. The Kier molecular flexibility index (Phi) is 16.1. The van der Waals surface area contributed by atoms with Gasteiger partial charge in [0.25, 0.3) is 0 Å². The maximum atomic E-state index is 3.60. The summed E-state index contributed by atoms with van der Waals surface area (Å²) in [4.78, 5) is 0. The average Bonchev–Trinajstić information content (AvgIpc) is 2.87. The summed E-state index contributed by atoms with van der Waals surface area (Å²) < 4.78 is 0. The molecule has 2 rings (SSSR count). The molecule has 0 aliphatic rings. The quantitative estimate of drug-likeness (QED) is 0.481. The minimum atomic E-state index is 0. The summed E-state index contributed by atoms with van der Waals surface area (Å²) in [6.07, 6.45) is 4.56. The van der Waals surface area contributed by atoms with Crippen molar-refractivity contribution in [2.45, 2.75) is 39.5 Å². The fourth-order valence-electron chi connectivity index (χ4n) is 1.07. The average molecular weight is 277 g/mol. The van der Waals surface area contributed by atoms with Gasteiger partial charge in [-0.2, -0.15) is 30.4 Å². The molecule has 0 saturated heterocycles. The van der Waals surface area contributed by atoms with Crippen molar-refractivity contribution in [2.24, 2.45) is 0 Å². The van der Waals surface area contributed by atoms with Gasteiger partial charge >= 0.3 is 21.7 Å². The van der Waals surface area contributed by atoms with Gasteiger partial charge in [0, 0.05) is 0 Å². The zero-order valence-corrected chi connectivity index (χ0v) is 13.3. The Morgan fingerprint density at radius 3 is 1.89 bits per heavy atom. The Bertz CT molecular complexity index is 324. The predicted molar refractivity (Wildman–Crippen MR) is 80.1 cm³/mol. The third-order valence-electron chi connectivity index (χ3n) is 2.25. The molecule has 18 heavy (non-hydrogen) atoms. The van der Waals surface area contributed by atoms with Crippen LogP contribution in [0.5, 0.6) is 0 Å². The summed E-state index contributed by atoms with van der Waals surface area (Å²) in [5.74, 6) is 0. The fourth-order valence-corrected chi connectivity index (χ4v) is 1.07. The van der Waals surface area contributed by atoms with Gasteiger partial charge in [-0.05, 0) is 0 Å². The van der Waals surface area contributed by atoms with Crippen LogP contribution in [0.2, 0.25) is 0 Å². The SMILES string of the molecule is [CH2-]CCC.[CH2-]CCC.[Ti+3].c1ccc2[cH-]ccc2c1. The van der Waals surface area contributed by atoms with Crippen molar-refractivity contribution in [3.63, 3.8) is 0 Å². The van der Waals surface area contributed by atoms with Crippen molar-refractivity contribution in [2.75, 3.05) is 0 Å². The Hall–Kier alpha value is -0.456. The molecule has 0 N–H and O–H groups in total. The number of hydrogen-bond acceptors (Lipinski definition) is 0. The molecule has 0 bridgehead atoms. The number of hydrogen-bond donors (Lipinski definition) is 0. The summed E-state index contributed by atoms with van der Waals surface area (Å²) in [6, 6.07) is 14.7. The summed E-state index contributed by atoms with van der Waals surface area (Å²) >= 11 is 0. The molecule has 0 amide bonds. The minimum absolute atomic E-state index is 0. The first-order valence-electron chi connectivity index (χ1n) is 6.49. The van der Waals surface area contributed by atoms with Crippen LogP contribution >= 0.6 is 0 Å². The molecule has 0 nitrogen and oxygen atoms in total. The number of benzene rings is 1. The second kappa shape index (κ2) is 14.6. The molecule has 0 saturated carbocycles. The van der Waals surface area contributed by atoms with Crippen molar-refractivity contribution in [3.05, 3.63) is 56.3 Å². The van der Waals surface area contributed by atoms with E-state index in [1.54, 1.807) is 0 Å². The van der Waals surface area contributed by atoms with Gasteiger partial charge in [-0.15, -0.1) is 29.7 Å². The Morgan fingerprint density at radius 2 is 1.44 bits per heavy atom. The van der Waals surface area contributed by atoms with E-state index in [1.165, 1.54) is 23.6 Å². The van der Waals surface area contributed by atoms with E-state index in [0.717, 1.165) is 12.8 Å². The zero-order valence-electron chi connectivity index (χ0n) is 11.8. The molecule has 0 atom stereocenters. The van der Waals surface area contributed by atoms with Crippen molar-refractivity contribution >= 4 is 10.8 Å². The molecule has 2 aromatic rings. The van der Waals surface area contributed by atoms with Gasteiger partial charge in [-0.25, -0.2) is 0 Å². The molecule has 0 aliphatic carbocycles. The van der Waals surface area contributed by atoms with Gasteiger partial charge in [0.05, 0.1) is 0 Å². The van der Waals surface area contributed by atoms with Crippen LogP contribution < -0.4 is 0 Å².